The third-order valence-electron chi connectivity index (χ3n) is 2.58. The fourth-order valence-corrected chi connectivity index (χ4v) is 2.59. The Morgan fingerprint density at radius 1 is 1.21 bits per heavy atom. The van der Waals surface area contributed by atoms with Crippen LogP contribution in [-0.4, -0.2) is 20.9 Å². The van der Waals surface area contributed by atoms with Crippen LogP contribution >= 0.6 is 0 Å². The van der Waals surface area contributed by atoms with Gasteiger partial charge in [0.25, 0.3) is 5.91 Å². The largest absolute Gasteiger partial charge is 0.322 e. The van der Waals surface area contributed by atoms with Gasteiger partial charge >= 0.3 is 0 Å². The zero-order valence-electron chi connectivity index (χ0n) is 10.5. The average Bonchev–Trinajstić information content (AvgIpc) is 2.47. The maximum Gasteiger partial charge on any atom is 0.256 e. The standard InChI is InChI=1S/C14H14N2O2S/c1-2-19(18)13-6-4-3-5-12(13)14(17)16-11-7-9-15-10-8-11/h3-10H,2H2,1H3,(H,15,16,17)/t19-/m1/s1. The number of nitrogens with one attached hydrogen (secondary N) is 1. The fraction of sp³-hybridized carbons (Fsp3) is 0.143. The first-order chi connectivity index (χ1) is 9.22. The lowest BCUT2D eigenvalue weighted by atomic mass is 10.2. The second kappa shape index (κ2) is 6.24. The maximum absolute atomic E-state index is 12.2. The minimum absolute atomic E-state index is 0.261. The molecule has 2 aromatic rings. The van der Waals surface area contributed by atoms with Crippen molar-refractivity contribution in [2.75, 3.05) is 11.1 Å². The van der Waals surface area contributed by atoms with Crippen molar-refractivity contribution in [3.05, 3.63) is 54.4 Å². The Morgan fingerprint density at radius 3 is 2.58 bits per heavy atom. The van der Waals surface area contributed by atoms with Gasteiger partial charge in [-0.2, -0.15) is 0 Å². The third kappa shape index (κ3) is 3.26. The maximum atomic E-state index is 12.2. The Labute approximate surface area is 114 Å². The Kier molecular flexibility index (Phi) is 4.41. The minimum atomic E-state index is -1.15. The van der Waals surface area contributed by atoms with E-state index in [0.29, 0.717) is 21.9 Å². The number of aromatic nitrogens is 1. The summed E-state index contributed by atoms with van der Waals surface area (Å²) in [7, 11) is -1.15. The Balaban J connectivity index is 2.27. The first-order valence-electron chi connectivity index (χ1n) is 5.91. The van der Waals surface area contributed by atoms with E-state index in [-0.39, 0.29) is 5.91 Å². The normalized spacial score (nSPS) is 11.8. The molecule has 4 nitrogen and oxygen atoms in total. The van der Waals surface area contributed by atoms with Crippen LogP contribution < -0.4 is 5.32 Å². The molecular weight excluding hydrogens is 260 g/mol. The van der Waals surface area contributed by atoms with Crippen molar-refractivity contribution in [2.24, 2.45) is 0 Å². The second-order valence-electron chi connectivity index (χ2n) is 3.82. The number of rotatable bonds is 4. The van der Waals surface area contributed by atoms with Gasteiger partial charge in [-0.1, -0.05) is 19.1 Å². The molecule has 5 heteroatoms. The zero-order valence-corrected chi connectivity index (χ0v) is 11.3. The summed E-state index contributed by atoms with van der Waals surface area (Å²) in [6.45, 7) is 1.83. The van der Waals surface area contributed by atoms with E-state index in [1.165, 1.54) is 0 Å². The number of carbonyl (C=O) groups excluding carboxylic acids is 1. The molecule has 1 N–H and O–H groups in total. The molecule has 0 saturated heterocycles. The van der Waals surface area contributed by atoms with E-state index in [2.05, 4.69) is 10.3 Å². The Hall–Kier alpha value is -2.01. The van der Waals surface area contributed by atoms with Crippen molar-refractivity contribution in [2.45, 2.75) is 11.8 Å². The van der Waals surface area contributed by atoms with Crippen LogP contribution in [0, 0.1) is 0 Å². The number of pyridine rings is 1. The van der Waals surface area contributed by atoms with Crippen LogP contribution in [0.5, 0.6) is 0 Å². The van der Waals surface area contributed by atoms with Gasteiger partial charge in [-0.15, -0.1) is 0 Å². The number of nitrogens with zero attached hydrogens (tertiary/aromatic N) is 1. The van der Waals surface area contributed by atoms with Gasteiger partial charge in [0.05, 0.1) is 21.3 Å². The summed E-state index contributed by atoms with van der Waals surface area (Å²) in [6, 6.07) is 10.4. The minimum Gasteiger partial charge on any atom is -0.322 e. The summed E-state index contributed by atoms with van der Waals surface area (Å²) >= 11 is 0. The molecule has 0 radical (unpaired) electrons. The highest BCUT2D eigenvalue weighted by molar-refractivity contribution is 7.85. The molecule has 1 amide bonds. The van der Waals surface area contributed by atoms with Crippen LogP contribution in [0.3, 0.4) is 0 Å². The first-order valence-corrected chi connectivity index (χ1v) is 7.23. The SMILES string of the molecule is CC[S@@](=O)c1ccccc1C(=O)Nc1ccncc1. The molecule has 0 fully saturated rings. The molecular formula is C14H14N2O2S. The molecule has 0 aliphatic rings. The highest BCUT2D eigenvalue weighted by atomic mass is 32.2. The molecule has 0 spiro atoms. The van der Waals surface area contributed by atoms with Crippen molar-refractivity contribution in [3.8, 4) is 0 Å². The van der Waals surface area contributed by atoms with Gasteiger partial charge in [-0.25, -0.2) is 0 Å². The van der Waals surface area contributed by atoms with E-state index in [4.69, 9.17) is 0 Å². The van der Waals surface area contributed by atoms with Crippen LogP contribution in [0.4, 0.5) is 5.69 Å². The van der Waals surface area contributed by atoms with E-state index >= 15 is 0 Å². The van der Waals surface area contributed by atoms with Crippen molar-refractivity contribution >= 4 is 22.4 Å². The molecule has 0 aliphatic heterocycles. The lowest BCUT2D eigenvalue weighted by Gasteiger charge is -2.09. The quantitative estimate of drug-likeness (QED) is 0.931. The number of hydrogen-bond donors (Lipinski definition) is 1. The molecule has 0 saturated carbocycles. The molecule has 2 rings (SSSR count). The van der Waals surface area contributed by atoms with Gasteiger partial charge in [-0.05, 0) is 24.3 Å². The molecule has 1 heterocycles. The first kappa shape index (κ1) is 13.4. The molecule has 0 unspecified atom stereocenters. The van der Waals surface area contributed by atoms with Crippen molar-refractivity contribution < 1.29 is 9.00 Å². The number of anilines is 1. The predicted molar refractivity (Wildman–Crippen MR) is 75.6 cm³/mol. The highest BCUT2D eigenvalue weighted by Gasteiger charge is 2.14. The lowest BCUT2D eigenvalue weighted by Crippen LogP contribution is -2.15. The molecule has 0 aliphatic carbocycles. The smallest absolute Gasteiger partial charge is 0.256 e. The number of hydrogen-bond acceptors (Lipinski definition) is 3. The third-order valence-corrected chi connectivity index (χ3v) is 3.95. The van der Waals surface area contributed by atoms with Gasteiger partial charge in [0.15, 0.2) is 0 Å². The summed E-state index contributed by atoms with van der Waals surface area (Å²) in [6.07, 6.45) is 3.21. The van der Waals surface area contributed by atoms with Gasteiger partial charge < -0.3 is 5.32 Å². The molecule has 0 bridgehead atoms. The summed E-state index contributed by atoms with van der Waals surface area (Å²) in [4.78, 5) is 16.6. The Bertz CT molecular complexity index is 599. The topological polar surface area (TPSA) is 59.1 Å². The van der Waals surface area contributed by atoms with Gasteiger partial charge in [0, 0.05) is 23.8 Å². The number of benzene rings is 1. The lowest BCUT2D eigenvalue weighted by molar-refractivity contribution is 0.102. The van der Waals surface area contributed by atoms with Crippen molar-refractivity contribution in [1.29, 1.82) is 0 Å². The Morgan fingerprint density at radius 2 is 1.89 bits per heavy atom. The summed E-state index contributed by atoms with van der Waals surface area (Å²) in [5.41, 5.74) is 1.11. The summed E-state index contributed by atoms with van der Waals surface area (Å²) in [5.74, 6) is 0.225. The highest BCUT2D eigenvalue weighted by Crippen LogP contribution is 2.16. The zero-order chi connectivity index (χ0) is 13.7. The van der Waals surface area contributed by atoms with Crippen molar-refractivity contribution in [1.82, 2.24) is 4.98 Å². The second-order valence-corrected chi connectivity index (χ2v) is 5.53. The molecule has 1 aromatic carbocycles. The van der Waals surface area contributed by atoms with E-state index < -0.39 is 10.8 Å². The van der Waals surface area contributed by atoms with E-state index in [0.717, 1.165) is 0 Å². The van der Waals surface area contributed by atoms with E-state index in [1.54, 1.807) is 48.8 Å². The van der Waals surface area contributed by atoms with Gasteiger partial charge in [-0.3, -0.25) is 14.0 Å². The van der Waals surface area contributed by atoms with Crippen LogP contribution in [0.15, 0.2) is 53.7 Å². The molecule has 98 valence electrons. The monoisotopic (exact) mass is 274 g/mol. The molecule has 19 heavy (non-hydrogen) atoms. The fourth-order valence-electron chi connectivity index (χ4n) is 1.64. The molecule has 1 atom stereocenters. The van der Waals surface area contributed by atoms with Crippen molar-refractivity contribution in [3.63, 3.8) is 0 Å². The van der Waals surface area contributed by atoms with Crippen LogP contribution in [0.25, 0.3) is 0 Å². The predicted octanol–water partition coefficient (Wildman–Crippen LogP) is 2.46. The van der Waals surface area contributed by atoms with Crippen LogP contribution in [-0.2, 0) is 10.8 Å². The molecule has 1 aromatic heterocycles. The number of carbonyl (C=O) groups is 1. The van der Waals surface area contributed by atoms with Gasteiger partial charge in [0.2, 0.25) is 0 Å². The van der Waals surface area contributed by atoms with Crippen LogP contribution in [0.2, 0.25) is 0 Å². The number of amides is 1. The average molecular weight is 274 g/mol. The van der Waals surface area contributed by atoms with Gasteiger partial charge in [0.1, 0.15) is 0 Å². The van der Waals surface area contributed by atoms with E-state index in [1.807, 2.05) is 6.92 Å². The summed E-state index contributed by atoms with van der Waals surface area (Å²) < 4.78 is 11.9. The summed E-state index contributed by atoms with van der Waals surface area (Å²) in [5, 5.41) is 2.76. The van der Waals surface area contributed by atoms with Crippen LogP contribution in [0.1, 0.15) is 17.3 Å². The van der Waals surface area contributed by atoms with E-state index in [9.17, 15) is 9.00 Å².